The second-order valence-corrected chi connectivity index (χ2v) is 19.0. The summed E-state index contributed by atoms with van der Waals surface area (Å²) < 4.78 is 54.4. The molecule has 7 N–H and O–H groups in total. The van der Waals surface area contributed by atoms with Crippen LogP contribution in [0.15, 0.2) is 23.3 Å². The smallest absolute Gasteiger partial charge is 0.331 e. The molecule has 0 bridgehead atoms. The summed E-state index contributed by atoms with van der Waals surface area (Å²) in [5.74, 6) is 0.660. The Bertz CT molecular complexity index is 1660. The first-order valence-electron chi connectivity index (χ1n) is 21.5. The van der Waals surface area contributed by atoms with Gasteiger partial charge in [-0.3, -0.25) is 0 Å². The number of esters is 1. The summed E-state index contributed by atoms with van der Waals surface area (Å²) in [5, 5.41) is 72.4. The Morgan fingerprint density at radius 1 is 0.831 bits per heavy atom. The van der Waals surface area contributed by atoms with E-state index in [0.717, 1.165) is 56.9 Å². The van der Waals surface area contributed by atoms with E-state index in [2.05, 4.69) is 19.9 Å². The molecule has 21 atom stereocenters. The van der Waals surface area contributed by atoms with Crippen LogP contribution in [0.1, 0.15) is 78.6 Å². The third-order valence-electron chi connectivity index (χ3n) is 16.2. The van der Waals surface area contributed by atoms with Gasteiger partial charge in [0, 0.05) is 30.6 Å². The standard InChI is InChI=1S/C42H62O17/c1-19-36(58-38-35(50)33(48)31(46)26(57-38)18-53-37-34(49)32(47)30(45)25(16-43)56-37)24(51-4)15-29(54-19)55-22-6-9-39(2)21(14-22)5-11-41-27(39)8-10-40(3)23(7-12-42(40,41)59-41)20-13-28(44)52-17-20/h7,13,19,21-22,24-27,29-38,43,45-50H,5-6,8-12,14-18H2,1-4H3/t19?,21-,22?,24?,25?,26?,27+,29?,30?,31?,32?,33?,34?,35?,36?,37?,38?,39+,40-,41+,42-/m1/s1. The van der Waals surface area contributed by atoms with Crippen LogP contribution in [0.4, 0.5) is 0 Å². The Morgan fingerprint density at radius 2 is 1.56 bits per heavy atom. The first-order chi connectivity index (χ1) is 28.1. The third kappa shape index (κ3) is 6.64. The van der Waals surface area contributed by atoms with Gasteiger partial charge in [-0.2, -0.15) is 0 Å². The Kier molecular flexibility index (Phi) is 11.2. The van der Waals surface area contributed by atoms with Crippen LogP contribution >= 0.6 is 0 Å². The molecule has 4 aliphatic carbocycles. The molecule has 332 valence electrons. The largest absolute Gasteiger partial charge is 0.458 e. The monoisotopic (exact) mass is 838 g/mol. The van der Waals surface area contributed by atoms with Crippen LogP contribution in [0.3, 0.4) is 0 Å². The summed E-state index contributed by atoms with van der Waals surface area (Å²) in [6, 6.07) is 0. The van der Waals surface area contributed by atoms with Crippen molar-refractivity contribution in [3.8, 4) is 0 Å². The highest BCUT2D eigenvalue weighted by Gasteiger charge is 2.85. The summed E-state index contributed by atoms with van der Waals surface area (Å²) in [5.41, 5.74) is 1.87. The summed E-state index contributed by atoms with van der Waals surface area (Å²) in [6.07, 6.45) is -5.56. The van der Waals surface area contributed by atoms with Crippen LogP contribution in [0.5, 0.6) is 0 Å². The molecule has 0 amide bonds. The van der Waals surface area contributed by atoms with E-state index in [-0.39, 0.29) is 34.1 Å². The first-order valence-corrected chi connectivity index (χ1v) is 21.5. The number of hydrogen-bond acceptors (Lipinski definition) is 17. The highest BCUT2D eigenvalue weighted by molar-refractivity contribution is 5.87. The lowest BCUT2D eigenvalue weighted by molar-refractivity contribution is -0.355. The van der Waals surface area contributed by atoms with Crippen molar-refractivity contribution in [2.45, 2.75) is 182 Å². The van der Waals surface area contributed by atoms with Gasteiger partial charge in [0.2, 0.25) is 0 Å². The van der Waals surface area contributed by atoms with Crippen molar-refractivity contribution in [2.24, 2.45) is 22.7 Å². The van der Waals surface area contributed by atoms with Gasteiger partial charge in [-0.25, -0.2) is 4.79 Å². The van der Waals surface area contributed by atoms with Crippen molar-refractivity contribution in [3.63, 3.8) is 0 Å². The van der Waals surface area contributed by atoms with E-state index in [1.54, 1.807) is 13.2 Å². The average molecular weight is 839 g/mol. The second-order valence-electron chi connectivity index (χ2n) is 19.0. The Labute approximate surface area is 343 Å². The molecule has 17 heteroatoms. The molecule has 4 saturated heterocycles. The molecule has 17 nitrogen and oxygen atoms in total. The molecule has 9 aliphatic rings. The molecule has 0 aromatic carbocycles. The molecule has 0 radical (unpaired) electrons. The summed E-state index contributed by atoms with van der Waals surface area (Å²) in [7, 11) is 1.55. The molecule has 59 heavy (non-hydrogen) atoms. The molecule has 2 spiro atoms. The van der Waals surface area contributed by atoms with E-state index in [1.165, 1.54) is 5.57 Å². The lowest BCUT2D eigenvalue weighted by Crippen LogP contribution is -2.63. The number of ether oxygens (including phenoxy) is 9. The zero-order chi connectivity index (χ0) is 41.8. The summed E-state index contributed by atoms with van der Waals surface area (Å²) in [4.78, 5) is 12.0. The van der Waals surface area contributed by atoms with Gasteiger partial charge < -0.3 is 78.4 Å². The SMILES string of the molecule is COC1CC(OC2CC[C@@]3(C)[C@H](CC[C@@]45O[C@@]46CC=C(C4=CC(=O)OC4)[C@@]6(C)CC[C@@H]35)C2)OC(C)C1OC1OC(COC2OC(CO)C(O)C(O)C2O)C(O)C(O)C1O. The van der Waals surface area contributed by atoms with E-state index in [0.29, 0.717) is 24.9 Å². The maximum absolute atomic E-state index is 12.0. The number of methoxy groups -OCH3 is 1. The zero-order valence-electron chi connectivity index (χ0n) is 34.2. The number of aliphatic hydroxyl groups is 7. The minimum absolute atomic E-state index is 0.00610. The molecule has 7 fully saturated rings. The zero-order valence-corrected chi connectivity index (χ0v) is 34.2. The highest BCUT2D eigenvalue weighted by atomic mass is 16.8. The number of aliphatic hydroxyl groups excluding tert-OH is 7. The van der Waals surface area contributed by atoms with Gasteiger partial charge in [-0.05, 0) is 81.1 Å². The predicted octanol–water partition coefficient (Wildman–Crippen LogP) is -0.132. The number of fused-ring (bicyclic) bond motifs is 2. The number of cyclic esters (lactones) is 1. The molecule has 15 unspecified atom stereocenters. The average Bonchev–Trinajstić information content (AvgIpc) is 3.53. The van der Waals surface area contributed by atoms with E-state index < -0.39 is 99.2 Å². The molecule has 5 heterocycles. The maximum Gasteiger partial charge on any atom is 0.331 e. The summed E-state index contributed by atoms with van der Waals surface area (Å²) in [6.45, 7) is 5.85. The minimum Gasteiger partial charge on any atom is -0.458 e. The fourth-order valence-electron chi connectivity index (χ4n) is 12.9. The topological polar surface area (TPSA) is 245 Å². The first kappa shape index (κ1) is 42.6. The molecule has 0 aromatic rings. The second kappa shape index (κ2) is 15.6. The number of carbonyl (C=O) groups excluding carboxylic acids is 1. The summed E-state index contributed by atoms with van der Waals surface area (Å²) >= 11 is 0. The lowest BCUT2D eigenvalue weighted by Gasteiger charge is -2.58. The number of carbonyl (C=O) groups is 1. The fourth-order valence-corrected chi connectivity index (χ4v) is 12.9. The van der Waals surface area contributed by atoms with Gasteiger partial charge in [0.1, 0.15) is 72.7 Å². The number of hydrogen-bond donors (Lipinski definition) is 7. The van der Waals surface area contributed by atoms with Gasteiger partial charge in [-0.15, -0.1) is 0 Å². The lowest BCUT2D eigenvalue weighted by atomic mass is 9.44. The van der Waals surface area contributed by atoms with Crippen molar-refractivity contribution < 1.29 is 83.2 Å². The molecular formula is C42H62O17. The number of epoxide rings is 1. The van der Waals surface area contributed by atoms with Crippen LogP contribution in [0, 0.1) is 22.7 Å². The van der Waals surface area contributed by atoms with E-state index >= 15 is 0 Å². The molecule has 0 aromatic heterocycles. The predicted molar refractivity (Wildman–Crippen MR) is 200 cm³/mol. The van der Waals surface area contributed by atoms with Crippen LogP contribution in [-0.2, 0) is 47.4 Å². The highest BCUT2D eigenvalue weighted by Crippen LogP contribution is 2.80. The van der Waals surface area contributed by atoms with Gasteiger partial charge >= 0.3 is 5.97 Å². The molecule has 9 rings (SSSR count). The van der Waals surface area contributed by atoms with Gasteiger partial charge in [0.05, 0.1) is 31.5 Å². The van der Waals surface area contributed by atoms with Crippen molar-refractivity contribution in [2.75, 3.05) is 26.9 Å². The van der Waals surface area contributed by atoms with E-state index in [4.69, 9.17) is 42.6 Å². The van der Waals surface area contributed by atoms with Gasteiger partial charge in [0.15, 0.2) is 18.9 Å². The van der Waals surface area contributed by atoms with Crippen LogP contribution in [-0.4, -0.2) is 172 Å². The Morgan fingerprint density at radius 3 is 2.27 bits per heavy atom. The van der Waals surface area contributed by atoms with E-state index in [1.807, 2.05) is 6.92 Å². The third-order valence-corrected chi connectivity index (χ3v) is 16.2. The molecular weight excluding hydrogens is 776 g/mol. The Balaban J connectivity index is 0.797. The quantitative estimate of drug-likeness (QED) is 0.0861. The maximum atomic E-state index is 12.0. The fraction of sp³-hybridized carbons (Fsp3) is 0.881. The van der Waals surface area contributed by atoms with Crippen molar-refractivity contribution in [1.29, 1.82) is 0 Å². The van der Waals surface area contributed by atoms with Gasteiger partial charge in [-0.1, -0.05) is 19.9 Å². The van der Waals surface area contributed by atoms with E-state index in [9.17, 15) is 40.5 Å². The minimum atomic E-state index is -1.69. The van der Waals surface area contributed by atoms with Crippen molar-refractivity contribution >= 4 is 5.97 Å². The van der Waals surface area contributed by atoms with Crippen molar-refractivity contribution in [3.05, 3.63) is 23.3 Å². The molecule has 5 aliphatic heterocycles. The Hall–Kier alpha value is -1.65. The van der Waals surface area contributed by atoms with Crippen LogP contribution in [0.2, 0.25) is 0 Å². The van der Waals surface area contributed by atoms with Gasteiger partial charge in [0.25, 0.3) is 0 Å². The van der Waals surface area contributed by atoms with Crippen LogP contribution < -0.4 is 0 Å². The van der Waals surface area contributed by atoms with Crippen molar-refractivity contribution in [1.82, 2.24) is 0 Å². The normalized spacial score (nSPS) is 54.3. The van der Waals surface area contributed by atoms with Crippen LogP contribution in [0.25, 0.3) is 0 Å². The number of rotatable bonds is 10. The molecule has 3 saturated carbocycles.